The fourth-order valence-corrected chi connectivity index (χ4v) is 2.60. The van der Waals surface area contributed by atoms with E-state index in [9.17, 15) is 4.79 Å². The van der Waals surface area contributed by atoms with Crippen molar-refractivity contribution in [1.82, 2.24) is 4.57 Å². The molecule has 1 aromatic carbocycles. The molecule has 0 bridgehead atoms. The van der Waals surface area contributed by atoms with E-state index >= 15 is 0 Å². The van der Waals surface area contributed by atoms with Crippen LogP contribution in [0.25, 0.3) is 0 Å². The molecule has 0 amide bonds. The average Bonchev–Trinajstić information content (AvgIpc) is 2.76. The topological polar surface area (TPSA) is 22.0 Å². The molecule has 0 radical (unpaired) electrons. The number of halogens is 1. The fourth-order valence-electron chi connectivity index (χ4n) is 2.47. The molecule has 0 saturated heterocycles. The van der Waals surface area contributed by atoms with E-state index in [0.29, 0.717) is 6.42 Å². The smallest absolute Gasteiger partial charge is 0.164 e. The first-order chi connectivity index (χ1) is 8.72. The monoisotopic (exact) mass is 259 g/mol. The van der Waals surface area contributed by atoms with Crippen molar-refractivity contribution in [3.8, 4) is 0 Å². The molecule has 2 nitrogen and oxygen atoms in total. The molecule has 0 unspecified atom stereocenters. The standard InChI is InChI=1S/C15H14ClNO/c16-13-6-4-11(5-7-13)8-17-9-12-2-1-3-15(18)14(12)10-17/h4-7,9-10H,1-3,8H2. The lowest BCUT2D eigenvalue weighted by molar-refractivity contribution is 0.0973. The number of aryl methyl sites for hydroxylation is 1. The predicted molar refractivity (Wildman–Crippen MR) is 72.3 cm³/mol. The minimum Gasteiger partial charge on any atom is -0.349 e. The number of ketones is 1. The number of Topliss-reactive ketones (excluding diaryl/α,β-unsaturated/α-hetero) is 1. The molecule has 18 heavy (non-hydrogen) atoms. The Morgan fingerprint density at radius 2 is 1.89 bits per heavy atom. The van der Waals surface area contributed by atoms with Gasteiger partial charge in [0.2, 0.25) is 0 Å². The summed E-state index contributed by atoms with van der Waals surface area (Å²) in [6.07, 6.45) is 6.77. The van der Waals surface area contributed by atoms with Gasteiger partial charge in [-0.05, 0) is 36.1 Å². The molecule has 1 aliphatic carbocycles. The summed E-state index contributed by atoms with van der Waals surface area (Å²) >= 11 is 5.86. The Labute approximate surface area is 111 Å². The third kappa shape index (κ3) is 2.21. The Kier molecular flexibility index (Phi) is 2.96. The maximum atomic E-state index is 11.8. The zero-order chi connectivity index (χ0) is 12.5. The SMILES string of the molecule is O=C1CCCc2cn(Cc3ccc(Cl)cc3)cc21. The van der Waals surface area contributed by atoms with Crippen LogP contribution in [-0.2, 0) is 13.0 Å². The normalized spacial score (nSPS) is 14.6. The zero-order valence-electron chi connectivity index (χ0n) is 10.0. The van der Waals surface area contributed by atoms with Gasteiger partial charge in [-0.25, -0.2) is 0 Å². The van der Waals surface area contributed by atoms with Crippen molar-refractivity contribution in [2.24, 2.45) is 0 Å². The molecule has 0 atom stereocenters. The largest absolute Gasteiger partial charge is 0.349 e. The first-order valence-corrected chi connectivity index (χ1v) is 6.56. The van der Waals surface area contributed by atoms with E-state index in [0.717, 1.165) is 30.0 Å². The van der Waals surface area contributed by atoms with Crippen LogP contribution in [0.4, 0.5) is 0 Å². The lowest BCUT2D eigenvalue weighted by atomic mass is 9.95. The van der Waals surface area contributed by atoms with Crippen LogP contribution in [0.2, 0.25) is 5.02 Å². The maximum Gasteiger partial charge on any atom is 0.164 e. The Bertz CT molecular complexity index is 583. The minimum absolute atomic E-state index is 0.283. The van der Waals surface area contributed by atoms with Crippen LogP contribution >= 0.6 is 11.6 Å². The van der Waals surface area contributed by atoms with E-state index in [4.69, 9.17) is 11.6 Å². The number of aromatic nitrogens is 1. The van der Waals surface area contributed by atoms with Gasteiger partial charge >= 0.3 is 0 Å². The highest BCUT2D eigenvalue weighted by molar-refractivity contribution is 6.30. The third-order valence-electron chi connectivity index (χ3n) is 3.39. The molecular weight excluding hydrogens is 246 g/mol. The molecule has 0 spiro atoms. The number of hydrogen-bond donors (Lipinski definition) is 0. The van der Waals surface area contributed by atoms with Gasteiger partial charge < -0.3 is 4.57 Å². The van der Waals surface area contributed by atoms with Gasteiger partial charge in [0.05, 0.1) is 0 Å². The Hall–Kier alpha value is -1.54. The molecule has 1 aromatic heterocycles. The molecule has 0 saturated carbocycles. The van der Waals surface area contributed by atoms with Gasteiger partial charge in [-0.3, -0.25) is 4.79 Å². The van der Waals surface area contributed by atoms with Crippen LogP contribution < -0.4 is 0 Å². The van der Waals surface area contributed by atoms with Gasteiger partial charge in [-0.15, -0.1) is 0 Å². The van der Waals surface area contributed by atoms with Crippen LogP contribution in [-0.4, -0.2) is 10.4 Å². The van der Waals surface area contributed by atoms with E-state index < -0.39 is 0 Å². The Balaban J connectivity index is 1.85. The minimum atomic E-state index is 0.283. The molecular formula is C15H14ClNO. The van der Waals surface area contributed by atoms with Crippen molar-refractivity contribution in [3.63, 3.8) is 0 Å². The second-order valence-electron chi connectivity index (χ2n) is 4.77. The van der Waals surface area contributed by atoms with E-state index in [1.165, 1.54) is 11.1 Å². The summed E-state index contributed by atoms with van der Waals surface area (Å²) in [7, 11) is 0. The number of carbonyl (C=O) groups excluding carboxylic acids is 1. The summed E-state index contributed by atoms with van der Waals surface area (Å²) in [6.45, 7) is 0.789. The summed E-state index contributed by atoms with van der Waals surface area (Å²) in [5.41, 5.74) is 3.30. The second kappa shape index (κ2) is 4.62. The summed E-state index contributed by atoms with van der Waals surface area (Å²) in [5.74, 6) is 0.283. The summed E-state index contributed by atoms with van der Waals surface area (Å²) in [6, 6.07) is 7.82. The molecule has 0 fully saturated rings. The van der Waals surface area contributed by atoms with Gasteiger partial charge in [0.15, 0.2) is 5.78 Å². The second-order valence-corrected chi connectivity index (χ2v) is 5.21. The van der Waals surface area contributed by atoms with Crippen molar-refractivity contribution < 1.29 is 4.79 Å². The van der Waals surface area contributed by atoms with E-state index in [-0.39, 0.29) is 5.78 Å². The summed E-state index contributed by atoms with van der Waals surface area (Å²) < 4.78 is 2.09. The van der Waals surface area contributed by atoms with Crippen molar-refractivity contribution in [2.45, 2.75) is 25.8 Å². The molecule has 0 N–H and O–H groups in total. The number of hydrogen-bond acceptors (Lipinski definition) is 1. The quantitative estimate of drug-likeness (QED) is 0.806. The fraction of sp³-hybridized carbons (Fsp3) is 0.267. The van der Waals surface area contributed by atoms with Crippen LogP contribution in [0, 0.1) is 0 Å². The lowest BCUT2D eigenvalue weighted by Crippen LogP contribution is -2.07. The molecule has 0 aliphatic heterocycles. The molecule has 3 heteroatoms. The Morgan fingerprint density at radius 3 is 2.61 bits per heavy atom. The summed E-state index contributed by atoms with van der Waals surface area (Å²) in [5, 5.41) is 0.751. The van der Waals surface area contributed by atoms with Gasteiger partial charge in [-0.1, -0.05) is 23.7 Å². The Morgan fingerprint density at radius 1 is 1.11 bits per heavy atom. The first-order valence-electron chi connectivity index (χ1n) is 6.19. The lowest BCUT2D eigenvalue weighted by Gasteiger charge is -2.07. The van der Waals surface area contributed by atoms with Crippen molar-refractivity contribution in [3.05, 3.63) is 58.4 Å². The summed E-state index contributed by atoms with van der Waals surface area (Å²) in [4.78, 5) is 11.8. The van der Waals surface area contributed by atoms with Gasteiger partial charge in [-0.2, -0.15) is 0 Å². The van der Waals surface area contributed by atoms with E-state index in [2.05, 4.69) is 10.8 Å². The molecule has 1 heterocycles. The van der Waals surface area contributed by atoms with Crippen molar-refractivity contribution in [1.29, 1.82) is 0 Å². The predicted octanol–water partition coefficient (Wildman–Crippen LogP) is 3.71. The number of carbonyl (C=O) groups is 1. The van der Waals surface area contributed by atoms with Crippen molar-refractivity contribution in [2.75, 3.05) is 0 Å². The highest BCUT2D eigenvalue weighted by Gasteiger charge is 2.18. The molecule has 3 rings (SSSR count). The highest BCUT2D eigenvalue weighted by Crippen LogP contribution is 2.22. The van der Waals surface area contributed by atoms with Crippen LogP contribution in [0.3, 0.4) is 0 Å². The molecule has 1 aliphatic rings. The van der Waals surface area contributed by atoms with Gasteiger partial charge in [0, 0.05) is 35.9 Å². The van der Waals surface area contributed by atoms with Crippen LogP contribution in [0.5, 0.6) is 0 Å². The van der Waals surface area contributed by atoms with Crippen LogP contribution in [0.15, 0.2) is 36.7 Å². The van der Waals surface area contributed by atoms with E-state index in [1.54, 1.807) is 0 Å². The number of fused-ring (bicyclic) bond motifs is 1. The maximum absolute atomic E-state index is 11.8. The highest BCUT2D eigenvalue weighted by atomic mass is 35.5. The van der Waals surface area contributed by atoms with E-state index in [1.807, 2.05) is 30.5 Å². The van der Waals surface area contributed by atoms with Gasteiger partial charge in [0.1, 0.15) is 0 Å². The average molecular weight is 260 g/mol. The van der Waals surface area contributed by atoms with Gasteiger partial charge in [0.25, 0.3) is 0 Å². The number of nitrogens with zero attached hydrogens (tertiary/aromatic N) is 1. The van der Waals surface area contributed by atoms with Crippen LogP contribution in [0.1, 0.15) is 34.3 Å². The number of rotatable bonds is 2. The zero-order valence-corrected chi connectivity index (χ0v) is 10.8. The third-order valence-corrected chi connectivity index (χ3v) is 3.64. The first kappa shape index (κ1) is 11.5. The van der Waals surface area contributed by atoms with Crippen molar-refractivity contribution >= 4 is 17.4 Å². The molecule has 92 valence electrons. The molecule has 2 aromatic rings. The number of benzene rings is 1.